The standard InChI is InChI=1S/C10H14N4O/c1-6(4-5-11)12-10(15)9-7(2)13-14-8(9)3/h6H,4H2,1-3H3,(H,12,15)(H,13,14). The molecule has 15 heavy (non-hydrogen) atoms. The number of nitriles is 1. The van der Waals surface area contributed by atoms with Crippen molar-refractivity contribution in [2.75, 3.05) is 0 Å². The van der Waals surface area contributed by atoms with Gasteiger partial charge in [0.25, 0.3) is 5.91 Å². The Morgan fingerprint density at radius 1 is 1.67 bits per heavy atom. The molecular weight excluding hydrogens is 192 g/mol. The molecule has 0 saturated carbocycles. The highest BCUT2D eigenvalue weighted by molar-refractivity contribution is 5.96. The molecular formula is C10H14N4O. The Labute approximate surface area is 88.5 Å². The van der Waals surface area contributed by atoms with Crippen molar-refractivity contribution in [2.45, 2.75) is 33.2 Å². The fraction of sp³-hybridized carbons (Fsp3) is 0.500. The average molecular weight is 206 g/mol. The first kappa shape index (κ1) is 11.2. The molecule has 0 aliphatic rings. The summed E-state index contributed by atoms with van der Waals surface area (Å²) in [7, 11) is 0. The van der Waals surface area contributed by atoms with Crippen LogP contribution in [0.4, 0.5) is 0 Å². The number of hydrogen-bond donors (Lipinski definition) is 2. The van der Waals surface area contributed by atoms with Gasteiger partial charge in [-0.15, -0.1) is 0 Å². The van der Waals surface area contributed by atoms with Crippen LogP contribution in [0.2, 0.25) is 0 Å². The number of aryl methyl sites for hydroxylation is 2. The molecule has 5 nitrogen and oxygen atoms in total. The molecule has 1 aromatic rings. The maximum Gasteiger partial charge on any atom is 0.255 e. The normalized spacial score (nSPS) is 11.9. The minimum atomic E-state index is -0.179. The third kappa shape index (κ3) is 2.56. The van der Waals surface area contributed by atoms with Gasteiger partial charge in [-0.3, -0.25) is 9.89 Å². The van der Waals surface area contributed by atoms with Gasteiger partial charge in [-0.1, -0.05) is 0 Å². The Hall–Kier alpha value is -1.83. The molecule has 5 heteroatoms. The van der Waals surface area contributed by atoms with Gasteiger partial charge in [0.2, 0.25) is 0 Å². The van der Waals surface area contributed by atoms with Crippen LogP contribution in [0.25, 0.3) is 0 Å². The van der Waals surface area contributed by atoms with E-state index < -0.39 is 0 Å². The second kappa shape index (κ2) is 4.60. The molecule has 1 heterocycles. The number of H-pyrrole nitrogens is 1. The number of rotatable bonds is 3. The van der Waals surface area contributed by atoms with Crippen molar-refractivity contribution in [2.24, 2.45) is 0 Å². The first-order valence-corrected chi connectivity index (χ1v) is 4.75. The molecule has 1 unspecified atom stereocenters. The predicted octanol–water partition coefficient (Wildman–Crippen LogP) is 1.06. The van der Waals surface area contributed by atoms with Crippen molar-refractivity contribution in [3.05, 3.63) is 17.0 Å². The first-order chi connectivity index (χ1) is 7.06. The molecule has 0 aromatic carbocycles. The van der Waals surface area contributed by atoms with Crippen molar-refractivity contribution in [3.8, 4) is 6.07 Å². The number of aromatic amines is 1. The molecule has 1 rings (SSSR count). The van der Waals surface area contributed by atoms with E-state index in [1.807, 2.05) is 6.07 Å². The van der Waals surface area contributed by atoms with E-state index >= 15 is 0 Å². The number of carbonyl (C=O) groups is 1. The van der Waals surface area contributed by atoms with Crippen molar-refractivity contribution in [3.63, 3.8) is 0 Å². The Kier molecular flexibility index (Phi) is 3.45. The van der Waals surface area contributed by atoms with Crippen LogP contribution >= 0.6 is 0 Å². The summed E-state index contributed by atoms with van der Waals surface area (Å²) in [5, 5.41) is 17.9. The maximum atomic E-state index is 11.8. The van der Waals surface area contributed by atoms with Gasteiger partial charge >= 0.3 is 0 Å². The third-order valence-corrected chi connectivity index (χ3v) is 2.13. The van der Waals surface area contributed by atoms with E-state index in [1.54, 1.807) is 20.8 Å². The lowest BCUT2D eigenvalue weighted by Crippen LogP contribution is -2.32. The molecule has 0 fully saturated rings. The number of carbonyl (C=O) groups excluding carboxylic acids is 1. The Bertz CT molecular complexity index is 383. The van der Waals surface area contributed by atoms with Gasteiger partial charge in [-0.25, -0.2) is 0 Å². The molecule has 0 spiro atoms. The van der Waals surface area contributed by atoms with E-state index in [-0.39, 0.29) is 11.9 Å². The first-order valence-electron chi connectivity index (χ1n) is 4.75. The van der Waals surface area contributed by atoms with E-state index in [0.29, 0.717) is 17.7 Å². The largest absolute Gasteiger partial charge is 0.348 e. The summed E-state index contributed by atoms with van der Waals surface area (Å²) in [6.45, 7) is 5.36. The fourth-order valence-corrected chi connectivity index (χ4v) is 1.37. The van der Waals surface area contributed by atoms with Crippen LogP contribution in [-0.2, 0) is 0 Å². The van der Waals surface area contributed by atoms with Crippen LogP contribution in [0.5, 0.6) is 0 Å². The SMILES string of the molecule is Cc1n[nH]c(C)c1C(=O)NC(C)CC#N. The van der Waals surface area contributed by atoms with Gasteiger partial charge in [-0.05, 0) is 20.8 Å². The Morgan fingerprint density at radius 2 is 2.33 bits per heavy atom. The van der Waals surface area contributed by atoms with Gasteiger partial charge in [0.1, 0.15) is 0 Å². The van der Waals surface area contributed by atoms with Crippen LogP contribution < -0.4 is 5.32 Å². The van der Waals surface area contributed by atoms with Crippen molar-refractivity contribution in [1.82, 2.24) is 15.5 Å². The number of nitrogens with one attached hydrogen (secondary N) is 2. The summed E-state index contributed by atoms with van der Waals surface area (Å²) in [5.41, 5.74) is 1.99. The molecule has 80 valence electrons. The van der Waals surface area contributed by atoms with Crippen LogP contribution in [0.15, 0.2) is 0 Å². The van der Waals surface area contributed by atoms with E-state index in [4.69, 9.17) is 5.26 Å². The lowest BCUT2D eigenvalue weighted by Gasteiger charge is -2.09. The van der Waals surface area contributed by atoms with E-state index in [1.165, 1.54) is 0 Å². The second-order valence-electron chi connectivity index (χ2n) is 3.55. The molecule has 1 atom stereocenters. The van der Waals surface area contributed by atoms with Gasteiger partial charge in [-0.2, -0.15) is 10.4 Å². The third-order valence-electron chi connectivity index (χ3n) is 2.13. The van der Waals surface area contributed by atoms with Crippen molar-refractivity contribution >= 4 is 5.91 Å². The number of amides is 1. The topological polar surface area (TPSA) is 81.6 Å². The van der Waals surface area contributed by atoms with E-state index in [0.717, 1.165) is 5.69 Å². The monoisotopic (exact) mass is 206 g/mol. The van der Waals surface area contributed by atoms with Crippen LogP contribution in [0.1, 0.15) is 35.1 Å². The van der Waals surface area contributed by atoms with Gasteiger partial charge in [0.15, 0.2) is 0 Å². The minimum Gasteiger partial charge on any atom is -0.348 e. The van der Waals surface area contributed by atoms with Gasteiger partial charge in [0, 0.05) is 11.7 Å². The zero-order valence-corrected chi connectivity index (χ0v) is 9.09. The molecule has 0 bridgehead atoms. The summed E-state index contributed by atoms with van der Waals surface area (Å²) in [6, 6.07) is 1.87. The predicted molar refractivity (Wildman–Crippen MR) is 55.2 cm³/mol. The second-order valence-corrected chi connectivity index (χ2v) is 3.55. The lowest BCUT2D eigenvalue weighted by atomic mass is 10.1. The van der Waals surface area contributed by atoms with Gasteiger partial charge < -0.3 is 5.32 Å². The van der Waals surface area contributed by atoms with E-state index in [2.05, 4.69) is 15.5 Å². The molecule has 0 aliphatic heterocycles. The summed E-state index contributed by atoms with van der Waals surface area (Å²) in [4.78, 5) is 11.8. The number of nitrogens with zero attached hydrogens (tertiary/aromatic N) is 2. The summed E-state index contributed by atoms with van der Waals surface area (Å²) >= 11 is 0. The molecule has 0 saturated heterocycles. The average Bonchev–Trinajstić information content (AvgIpc) is 2.46. The fourth-order valence-electron chi connectivity index (χ4n) is 1.37. The summed E-state index contributed by atoms with van der Waals surface area (Å²) in [6.07, 6.45) is 0.307. The molecule has 1 amide bonds. The van der Waals surface area contributed by atoms with Crippen molar-refractivity contribution in [1.29, 1.82) is 5.26 Å². The Balaban J connectivity index is 2.74. The summed E-state index contributed by atoms with van der Waals surface area (Å²) in [5.74, 6) is -0.179. The molecule has 2 N–H and O–H groups in total. The Morgan fingerprint density at radius 3 is 2.80 bits per heavy atom. The quantitative estimate of drug-likeness (QED) is 0.775. The van der Waals surface area contributed by atoms with Crippen LogP contribution in [-0.4, -0.2) is 22.1 Å². The lowest BCUT2D eigenvalue weighted by molar-refractivity contribution is 0.0939. The van der Waals surface area contributed by atoms with Crippen LogP contribution in [0, 0.1) is 25.2 Å². The summed E-state index contributed by atoms with van der Waals surface area (Å²) < 4.78 is 0. The highest BCUT2D eigenvalue weighted by Crippen LogP contribution is 2.09. The van der Waals surface area contributed by atoms with E-state index in [9.17, 15) is 4.79 Å². The van der Waals surface area contributed by atoms with Crippen LogP contribution in [0.3, 0.4) is 0 Å². The van der Waals surface area contributed by atoms with Crippen molar-refractivity contribution < 1.29 is 4.79 Å². The highest BCUT2D eigenvalue weighted by atomic mass is 16.1. The van der Waals surface area contributed by atoms with Gasteiger partial charge in [0.05, 0.1) is 23.7 Å². The smallest absolute Gasteiger partial charge is 0.255 e. The zero-order valence-electron chi connectivity index (χ0n) is 9.09. The number of aromatic nitrogens is 2. The molecule has 0 radical (unpaired) electrons. The molecule has 0 aliphatic carbocycles. The zero-order chi connectivity index (χ0) is 11.4. The maximum absolute atomic E-state index is 11.8. The minimum absolute atomic E-state index is 0.142. The molecule has 1 aromatic heterocycles. The highest BCUT2D eigenvalue weighted by Gasteiger charge is 2.16. The number of hydrogen-bond acceptors (Lipinski definition) is 3.